The van der Waals surface area contributed by atoms with Gasteiger partial charge in [-0.1, -0.05) is 23.2 Å². The second kappa shape index (κ2) is 4.63. The number of anilines is 2. The van der Waals surface area contributed by atoms with Crippen molar-refractivity contribution in [3.63, 3.8) is 0 Å². The Labute approximate surface area is 109 Å². The van der Waals surface area contributed by atoms with Crippen LogP contribution in [0.15, 0.2) is 12.1 Å². The van der Waals surface area contributed by atoms with Gasteiger partial charge in [0, 0.05) is 18.8 Å². The number of primary amides is 1. The maximum Gasteiger partial charge on any atom is 0.222 e. The van der Waals surface area contributed by atoms with E-state index in [9.17, 15) is 4.79 Å². The number of nitrogens with zero attached hydrogens (tertiary/aromatic N) is 1. The molecule has 0 bridgehead atoms. The van der Waals surface area contributed by atoms with Gasteiger partial charge in [0.05, 0.1) is 21.7 Å². The molecule has 0 saturated carbocycles. The Balaban J connectivity index is 2.27. The smallest absolute Gasteiger partial charge is 0.222 e. The van der Waals surface area contributed by atoms with E-state index < -0.39 is 0 Å². The van der Waals surface area contributed by atoms with Gasteiger partial charge in [-0.15, -0.1) is 0 Å². The van der Waals surface area contributed by atoms with Gasteiger partial charge in [0.1, 0.15) is 0 Å². The molecule has 4 N–H and O–H groups in total. The fourth-order valence-electron chi connectivity index (χ4n) is 2.08. The quantitative estimate of drug-likeness (QED) is 0.809. The van der Waals surface area contributed by atoms with Gasteiger partial charge in [0.15, 0.2) is 0 Å². The van der Waals surface area contributed by atoms with Gasteiger partial charge >= 0.3 is 0 Å². The van der Waals surface area contributed by atoms with Crippen LogP contribution in [-0.2, 0) is 4.79 Å². The third kappa shape index (κ3) is 2.42. The molecule has 1 amide bonds. The number of benzene rings is 1. The summed E-state index contributed by atoms with van der Waals surface area (Å²) in [5, 5.41) is 1.00. The van der Waals surface area contributed by atoms with E-state index in [1.54, 1.807) is 12.1 Å². The van der Waals surface area contributed by atoms with E-state index in [2.05, 4.69) is 0 Å². The Kier molecular flexibility index (Phi) is 3.35. The number of halogens is 2. The molecule has 4 nitrogen and oxygen atoms in total. The summed E-state index contributed by atoms with van der Waals surface area (Å²) in [6.45, 7) is 1.27. The van der Waals surface area contributed by atoms with Crippen molar-refractivity contribution in [1.82, 2.24) is 0 Å². The molecule has 0 aromatic heterocycles. The number of hydrogen-bond acceptors (Lipinski definition) is 3. The molecule has 6 heteroatoms. The molecule has 0 radical (unpaired) electrons. The summed E-state index contributed by atoms with van der Waals surface area (Å²) in [6, 6.07) is 3.31. The first kappa shape index (κ1) is 12.3. The summed E-state index contributed by atoms with van der Waals surface area (Å²) in [5.74, 6) is -0.421. The lowest BCUT2D eigenvalue weighted by atomic mass is 10.1. The van der Waals surface area contributed by atoms with Gasteiger partial charge in [-0.05, 0) is 18.6 Å². The minimum absolute atomic E-state index is 0.139. The van der Waals surface area contributed by atoms with Crippen LogP contribution in [0.5, 0.6) is 0 Å². The van der Waals surface area contributed by atoms with Crippen molar-refractivity contribution in [2.75, 3.05) is 23.7 Å². The average molecular weight is 274 g/mol. The molecule has 1 aromatic carbocycles. The van der Waals surface area contributed by atoms with E-state index in [0.717, 1.165) is 18.7 Å². The second-order valence-corrected chi connectivity index (χ2v) is 4.98. The highest BCUT2D eigenvalue weighted by atomic mass is 35.5. The number of carbonyl (C=O) groups is 1. The zero-order valence-electron chi connectivity index (χ0n) is 9.12. The molecule has 1 saturated heterocycles. The molecule has 0 spiro atoms. The Hall–Kier alpha value is -1.13. The van der Waals surface area contributed by atoms with Crippen LogP contribution in [0.25, 0.3) is 0 Å². The van der Waals surface area contributed by atoms with Gasteiger partial charge in [-0.2, -0.15) is 0 Å². The van der Waals surface area contributed by atoms with Crippen molar-refractivity contribution >= 4 is 40.5 Å². The number of rotatable bonds is 2. The standard InChI is InChI=1S/C11H13Cl2N3O/c12-8-3-7(14)4-9(13)10(8)16-2-1-6(5-16)11(15)17/h3-4,6H,1-2,5,14H2,(H2,15,17). The first-order chi connectivity index (χ1) is 7.99. The van der Waals surface area contributed by atoms with Crippen molar-refractivity contribution in [2.24, 2.45) is 11.7 Å². The Morgan fingerprint density at radius 3 is 2.41 bits per heavy atom. The molecule has 1 aliphatic rings. The van der Waals surface area contributed by atoms with Gasteiger partial charge in [-0.25, -0.2) is 0 Å². The largest absolute Gasteiger partial charge is 0.399 e. The molecule has 1 heterocycles. The summed E-state index contributed by atoms with van der Waals surface area (Å²) >= 11 is 12.2. The van der Waals surface area contributed by atoms with Crippen molar-refractivity contribution in [3.05, 3.63) is 22.2 Å². The predicted octanol–water partition coefficient (Wildman–Crippen LogP) is 1.89. The van der Waals surface area contributed by atoms with Gasteiger partial charge < -0.3 is 16.4 Å². The lowest BCUT2D eigenvalue weighted by molar-refractivity contribution is -0.121. The Bertz CT molecular complexity index is 441. The van der Waals surface area contributed by atoms with Gasteiger partial charge in [0.2, 0.25) is 5.91 Å². The van der Waals surface area contributed by atoms with Crippen LogP contribution in [0.3, 0.4) is 0 Å². The monoisotopic (exact) mass is 273 g/mol. The number of amides is 1. The summed E-state index contributed by atoms with van der Waals surface area (Å²) in [7, 11) is 0. The van der Waals surface area contributed by atoms with Crippen molar-refractivity contribution in [2.45, 2.75) is 6.42 Å². The summed E-state index contributed by atoms with van der Waals surface area (Å²) in [5.41, 5.74) is 12.2. The molecule has 1 aliphatic heterocycles. The average Bonchev–Trinajstić information content (AvgIpc) is 2.65. The molecule has 1 atom stereocenters. The lowest BCUT2D eigenvalue weighted by Crippen LogP contribution is -2.27. The van der Waals surface area contributed by atoms with Crippen LogP contribution >= 0.6 is 23.2 Å². The van der Waals surface area contributed by atoms with Gasteiger partial charge in [-0.3, -0.25) is 4.79 Å². The molecule has 1 aromatic rings. The Morgan fingerprint density at radius 1 is 1.35 bits per heavy atom. The molecule has 1 unspecified atom stereocenters. The first-order valence-electron chi connectivity index (χ1n) is 5.28. The number of hydrogen-bond donors (Lipinski definition) is 2. The zero-order valence-corrected chi connectivity index (χ0v) is 10.6. The van der Waals surface area contributed by atoms with Crippen molar-refractivity contribution < 1.29 is 4.79 Å². The van der Waals surface area contributed by atoms with Crippen molar-refractivity contribution in [3.8, 4) is 0 Å². The summed E-state index contributed by atoms with van der Waals surface area (Å²) < 4.78 is 0. The van der Waals surface area contributed by atoms with E-state index in [0.29, 0.717) is 22.3 Å². The molecule has 1 fully saturated rings. The lowest BCUT2D eigenvalue weighted by Gasteiger charge is -2.21. The van der Waals surface area contributed by atoms with Crippen LogP contribution in [-0.4, -0.2) is 19.0 Å². The van der Waals surface area contributed by atoms with E-state index in [4.69, 9.17) is 34.7 Å². The first-order valence-corrected chi connectivity index (χ1v) is 6.03. The van der Waals surface area contributed by atoms with Crippen LogP contribution in [0, 0.1) is 5.92 Å². The van der Waals surface area contributed by atoms with Crippen LogP contribution in [0.2, 0.25) is 10.0 Å². The fourth-order valence-corrected chi connectivity index (χ4v) is 2.83. The van der Waals surface area contributed by atoms with E-state index in [1.807, 2.05) is 4.90 Å². The highest BCUT2D eigenvalue weighted by molar-refractivity contribution is 6.39. The number of nitrogens with two attached hydrogens (primary N) is 2. The molecular formula is C11H13Cl2N3O. The topological polar surface area (TPSA) is 72.4 Å². The molecule has 17 heavy (non-hydrogen) atoms. The van der Waals surface area contributed by atoms with Crippen LogP contribution < -0.4 is 16.4 Å². The van der Waals surface area contributed by atoms with Crippen LogP contribution in [0.4, 0.5) is 11.4 Å². The third-order valence-corrected chi connectivity index (χ3v) is 3.52. The highest BCUT2D eigenvalue weighted by Crippen LogP contribution is 2.38. The van der Waals surface area contributed by atoms with Crippen LogP contribution in [0.1, 0.15) is 6.42 Å². The summed E-state index contributed by atoms with van der Waals surface area (Å²) in [4.78, 5) is 13.1. The predicted molar refractivity (Wildman–Crippen MR) is 70.4 cm³/mol. The molecular weight excluding hydrogens is 261 g/mol. The fraction of sp³-hybridized carbons (Fsp3) is 0.364. The minimum atomic E-state index is -0.282. The Morgan fingerprint density at radius 2 is 1.94 bits per heavy atom. The number of nitrogen functional groups attached to an aromatic ring is 1. The van der Waals surface area contributed by atoms with E-state index in [1.165, 1.54) is 0 Å². The van der Waals surface area contributed by atoms with Gasteiger partial charge in [0.25, 0.3) is 0 Å². The zero-order chi connectivity index (χ0) is 12.6. The summed E-state index contributed by atoms with van der Waals surface area (Å²) in [6.07, 6.45) is 0.729. The normalized spacial score (nSPS) is 19.6. The highest BCUT2D eigenvalue weighted by Gasteiger charge is 2.29. The molecule has 2 rings (SSSR count). The number of carbonyl (C=O) groups excluding carboxylic acids is 1. The molecule has 92 valence electrons. The maximum atomic E-state index is 11.1. The molecule has 0 aliphatic carbocycles. The minimum Gasteiger partial charge on any atom is -0.399 e. The maximum absolute atomic E-state index is 11.1. The van der Waals surface area contributed by atoms with Crippen molar-refractivity contribution in [1.29, 1.82) is 0 Å². The second-order valence-electron chi connectivity index (χ2n) is 4.17. The van der Waals surface area contributed by atoms with E-state index in [-0.39, 0.29) is 11.8 Å². The SMILES string of the molecule is NC(=O)C1CCN(c2c(Cl)cc(N)cc2Cl)C1. The third-order valence-electron chi connectivity index (χ3n) is 2.95. The van der Waals surface area contributed by atoms with E-state index >= 15 is 0 Å².